The molecule has 0 aliphatic rings. The molecule has 78 valence electrons. The summed E-state index contributed by atoms with van der Waals surface area (Å²) in [5.41, 5.74) is 7.27. The zero-order valence-corrected chi connectivity index (χ0v) is 8.83. The van der Waals surface area contributed by atoms with Crippen LogP contribution in [0.3, 0.4) is 0 Å². The standard InChI is InChI=1S/C10H16N2O2/c1-4-7-6-8(9(11)12(7)3)10(13)14-5-2/h6H,4-5,11H2,1-3H3. The van der Waals surface area contributed by atoms with Crippen molar-refractivity contribution in [3.05, 3.63) is 17.3 Å². The zero-order valence-electron chi connectivity index (χ0n) is 8.83. The predicted molar refractivity (Wildman–Crippen MR) is 55.2 cm³/mol. The Labute approximate surface area is 83.7 Å². The highest BCUT2D eigenvalue weighted by Crippen LogP contribution is 2.18. The predicted octanol–water partition coefficient (Wildman–Crippen LogP) is 1.35. The van der Waals surface area contributed by atoms with Crippen molar-refractivity contribution in [2.45, 2.75) is 20.3 Å². The van der Waals surface area contributed by atoms with Gasteiger partial charge in [0.25, 0.3) is 0 Å². The second-order valence-corrected chi connectivity index (χ2v) is 3.07. The number of hydrogen-bond donors (Lipinski definition) is 1. The molecule has 1 rings (SSSR count). The van der Waals surface area contributed by atoms with E-state index in [0.29, 0.717) is 18.0 Å². The monoisotopic (exact) mass is 196 g/mol. The maximum Gasteiger partial charge on any atom is 0.341 e. The number of esters is 1. The van der Waals surface area contributed by atoms with Crippen LogP contribution in [0.15, 0.2) is 6.07 Å². The summed E-state index contributed by atoms with van der Waals surface area (Å²) < 4.78 is 6.70. The number of rotatable bonds is 3. The van der Waals surface area contributed by atoms with Gasteiger partial charge in [-0.2, -0.15) is 0 Å². The van der Waals surface area contributed by atoms with Gasteiger partial charge in [-0.05, 0) is 19.4 Å². The Hall–Kier alpha value is -1.45. The van der Waals surface area contributed by atoms with Crippen LogP contribution in [0.2, 0.25) is 0 Å². The van der Waals surface area contributed by atoms with Crippen LogP contribution in [0.5, 0.6) is 0 Å². The average Bonchev–Trinajstić information content (AvgIpc) is 2.44. The van der Waals surface area contributed by atoms with E-state index in [0.717, 1.165) is 12.1 Å². The molecule has 0 amide bonds. The van der Waals surface area contributed by atoms with Gasteiger partial charge in [-0.15, -0.1) is 0 Å². The van der Waals surface area contributed by atoms with Crippen LogP contribution in [0.25, 0.3) is 0 Å². The first-order valence-electron chi connectivity index (χ1n) is 4.73. The van der Waals surface area contributed by atoms with Crippen LogP contribution in [0.1, 0.15) is 29.9 Å². The summed E-state index contributed by atoms with van der Waals surface area (Å²) in [6, 6.07) is 1.79. The van der Waals surface area contributed by atoms with Gasteiger partial charge in [0.1, 0.15) is 11.4 Å². The van der Waals surface area contributed by atoms with Crippen molar-refractivity contribution in [3.63, 3.8) is 0 Å². The van der Waals surface area contributed by atoms with E-state index in [1.807, 2.05) is 18.5 Å². The lowest BCUT2D eigenvalue weighted by Gasteiger charge is -2.02. The lowest BCUT2D eigenvalue weighted by Crippen LogP contribution is -2.08. The smallest absolute Gasteiger partial charge is 0.341 e. The molecule has 0 radical (unpaired) electrons. The van der Waals surface area contributed by atoms with Crippen LogP contribution in [0.4, 0.5) is 5.82 Å². The molecule has 0 unspecified atom stereocenters. The summed E-state index contributed by atoms with van der Waals surface area (Å²) in [6.45, 7) is 4.16. The van der Waals surface area contributed by atoms with Gasteiger partial charge in [-0.3, -0.25) is 0 Å². The number of carbonyl (C=O) groups excluding carboxylic acids is 1. The Bertz CT molecular complexity index is 342. The van der Waals surface area contributed by atoms with Crippen LogP contribution in [-0.2, 0) is 18.2 Å². The molecule has 0 bridgehead atoms. The summed E-state index contributed by atoms with van der Waals surface area (Å²) in [5.74, 6) is 0.126. The van der Waals surface area contributed by atoms with Crippen molar-refractivity contribution in [3.8, 4) is 0 Å². The lowest BCUT2D eigenvalue weighted by atomic mass is 10.2. The van der Waals surface area contributed by atoms with Crippen molar-refractivity contribution < 1.29 is 9.53 Å². The van der Waals surface area contributed by atoms with E-state index in [4.69, 9.17) is 10.5 Å². The summed E-state index contributed by atoms with van der Waals surface area (Å²) in [5, 5.41) is 0. The number of nitrogens with zero attached hydrogens (tertiary/aromatic N) is 1. The van der Waals surface area contributed by atoms with Crippen molar-refractivity contribution in [1.29, 1.82) is 0 Å². The van der Waals surface area contributed by atoms with Crippen LogP contribution < -0.4 is 5.73 Å². The van der Waals surface area contributed by atoms with E-state index in [1.165, 1.54) is 0 Å². The number of nitrogen functional groups attached to an aromatic ring is 1. The van der Waals surface area contributed by atoms with Gasteiger partial charge < -0.3 is 15.0 Å². The second kappa shape index (κ2) is 4.17. The fourth-order valence-electron chi connectivity index (χ4n) is 1.38. The Morgan fingerprint density at radius 2 is 2.21 bits per heavy atom. The molecule has 0 atom stereocenters. The Morgan fingerprint density at radius 3 is 2.64 bits per heavy atom. The number of nitrogens with two attached hydrogens (primary N) is 1. The summed E-state index contributed by atoms with van der Waals surface area (Å²) >= 11 is 0. The number of anilines is 1. The molecule has 0 aliphatic heterocycles. The minimum atomic E-state index is -0.347. The van der Waals surface area contributed by atoms with Gasteiger partial charge in [0.05, 0.1) is 6.61 Å². The molecule has 1 aromatic rings. The van der Waals surface area contributed by atoms with Crippen molar-refractivity contribution in [2.75, 3.05) is 12.3 Å². The van der Waals surface area contributed by atoms with Crippen LogP contribution in [-0.4, -0.2) is 17.1 Å². The number of aryl methyl sites for hydroxylation is 1. The van der Waals surface area contributed by atoms with E-state index in [9.17, 15) is 4.79 Å². The molecule has 0 saturated heterocycles. The Balaban J connectivity index is 3.04. The number of hydrogen-bond acceptors (Lipinski definition) is 3. The van der Waals surface area contributed by atoms with Gasteiger partial charge in [0.2, 0.25) is 0 Å². The lowest BCUT2D eigenvalue weighted by molar-refractivity contribution is 0.0527. The van der Waals surface area contributed by atoms with E-state index in [2.05, 4.69) is 0 Å². The second-order valence-electron chi connectivity index (χ2n) is 3.07. The van der Waals surface area contributed by atoms with Crippen molar-refractivity contribution in [2.24, 2.45) is 7.05 Å². The van der Waals surface area contributed by atoms with Crippen LogP contribution >= 0.6 is 0 Å². The molecule has 1 heterocycles. The van der Waals surface area contributed by atoms with Gasteiger partial charge >= 0.3 is 5.97 Å². The number of carbonyl (C=O) groups is 1. The third kappa shape index (κ3) is 1.73. The van der Waals surface area contributed by atoms with Crippen molar-refractivity contribution in [1.82, 2.24) is 4.57 Å². The highest BCUT2D eigenvalue weighted by Gasteiger charge is 2.16. The molecule has 2 N–H and O–H groups in total. The molecule has 4 nitrogen and oxygen atoms in total. The molecule has 0 spiro atoms. The molecule has 14 heavy (non-hydrogen) atoms. The van der Waals surface area contributed by atoms with Gasteiger partial charge in [0, 0.05) is 12.7 Å². The highest BCUT2D eigenvalue weighted by molar-refractivity contribution is 5.94. The quantitative estimate of drug-likeness (QED) is 0.742. The third-order valence-corrected chi connectivity index (χ3v) is 2.24. The SMILES string of the molecule is CCOC(=O)c1cc(CC)n(C)c1N. The minimum absolute atomic E-state index is 0.347. The summed E-state index contributed by atoms with van der Waals surface area (Å²) in [6.07, 6.45) is 0.847. The first-order valence-corrected chi connectivity index (χ1v) is 4.73. The first kappa shape index (κ1) is 10.6. The highest BCUT2D eigenvalue weighted by atomic mass is 16.5. The fourth-order valence-corrected chi connectivity index (χ4v) is 1.38. The van der Waals surface area contributed by atoms with Gasteiger partial charge in [-0.1, -0.05) is 6.92 Å². The maximum absolute atomic E-state index is 11.4. The molecule has 0 aromatic carbocycles. The topological polar surface area (TPSA) is 57.2 Å². The van der Waals surface area contributed by atoms with Crippen molar-refractivity contribution >= 4 is 11.8 Å². The maximum atomic E-state index is 11.4. The molecule has 1 aromatic heterocycles. The van der Waals surface area contributed by atoms with Gasteiger partial charge in [0.15, 0.2) is 0 Å². The third-order valence-electron chi connectivity index (χ3n) is 2.24. The van der Waals surface area contributed by atoms with E-state index in [-0.39, 0.29) is 5.97 Å². The molecule has 0 aliphatic carbocycles. The van der Waals surface area contributed by atoms with E-state index >= 15 is 0 Å². The average molecular weight is 196 g/mol. The fraction of sp³-hybridized carbons (Fsp3) is 0.500. The molecule has 0 fully saturated rings. The summed E-state index contributed by atoms with van der Waals surface area (Å²) in [7, 11) is 1.84. The minimum Gasteiger partial charge on any atom is -0.462 e. The molecular weight excluding hydrogens is 180 g/mol. The summed E-state index contributed by atoms with van der Waals surface area (Å²) in [4.78, 5) is 11.4. The first-order chi connectivity index (χ1) is 6.61. The zero-order chi connectivity index (χ0) is 10.7. The molecule has 4 heteroatoms. The Morgan fingerprint density at radius 1 is 1.57 bits per heavy atom. The normalized spacial score (nSPS) is 10.2. The molecular formula is C10H16N2O2. The largest absolute Gasteiger partial charge is 0.462 e. The number of ether oxygens (including phenoxy) is 1. The number of aromatic nitrogens is 1. The Kier molecular flexibility index (Phi) is 3.17. The van der Waals surface area contributed by atoms with Gasteiger partial charge in [-0.25, -0.2) is 4.79 Å². The molecule has 0 saturated carbocycles. The van der Waals surface area contributed by atoms with Crippen LogP contribution in [0, 0.1) is 0 Å². The van der Waals surface area contributed by atoms with E-state index in [1.54, 1.807) is 13.0 Å². The van der Waals surface area contributed by atoms with E-state index < -0.39 is 0 Å².